The fourth-order valence-corrected chi connectivity index (χ4v) is 13.9. The molecule has 0 bridgehead atoms. The van der Waals surface area contributed by atoms with Crippen molar-refractivity contribution >= 4 is 91.1 Å². The van der Waals surface area contributed by atoms with E-state index in [0.29, 0.717) is 38.3 Å². The average molecular weight is 1120 g/mol. The van der Waals surface area contributed by atoms with Crippen molar-refractivity contribution in [2.45, 2.75) is 43.7 Å². The molecule has 15 heteroatoms. The van der Waals surface area contributed by atoms with Crippen molar-refractivity contribution in [1.82, 2.24) is 0 Å². The van der Waals surface area contributed by atoms with Crippen molar-refractivity contribution in [1.29, 1.82) is 0 Å². The zero-order chi connectivity index (χ0) is 56.3. The van der Waals surface area contributed by atoms with E-state index in [4.69, 9.17) is 18.9 Å². The molecular formula is C67H41NO12S2. The van der Waals surface area contributed by atoms with E-state index < -0.39 is 62.5 Å². The summed E-state index contributed by atoms with van der Waals surface area (Å²) in [7, 11) is 0. The first-order valence-corrected chi connectivity index (χ1v) is 27.7. The minimum Gasteiger partial charge on any atom is -0.459 e. The normalized spacial score (nSPS) is 14.7. The number of benzene rings is 6. The van der Waals surface area contributed by atoms with Crippen LogP contribution in [0.5, 0.6) is 0 Å². The zero-order valence-corrected chi connectivity index (χ0v) is 44.7. The summed E-state index contributed by atoms with van der Waals surface area (Å²) in [5.74, 6) is -5.43. The molecule has 398 valence electrons. The van der Waals surface area contributed by atoms with E-state index in [2.05, 4.69) is 10.7 Å². The molecule has 0 aliphatic heterocycles. The summed E-state index contributed by atoms with van der Waals surface area (Å²) in [6.07, 6.45) is 3.30. The minimum atomic E-state index is -2.64. The number of hydrogen-bond donors (Lipinski definition) is 0. The monoisotopic (exact) mass is 1120 g/mol. The van der Waals surface area contributed by atoms with Gasteiger partial charge in [0.15, 0.2) is 5.36 Å². The van der Waals surface area contributed by atoms with Crippen molar-refractivity contribution in [2.75, 3.05) is 0 Å². The number of ether oxygens (including phenoxy) is 4. The van der Waals surface area contributed by atoms with Crippen LogP contribution in [0.25, 0.3) is 28.0 Å². The Kier molecular flexibility index (Phi) is 12.9. The molecule has 4 aliphatic rings. The van der Waals surface area contributed by atoms with E-state index in [9.17, 15) is 19.2 Å². The summed E-state index contributed by atoms with van der Waals surface area (Å²) in [5.41, 5.74) is -0.222. The van der Waals surface area contributed by atoms with E-state index in [1.807, 2.05) is 0 Å². The van der Waals surface area contributed by atoms with Crippen LogP contribution in [-0.2, 0) is 81.8 Å². The van der Waals surface area contributed by atoms with Crippen molar-refractivity contribution in [3.05, 3.63) is 289 Å². The number of Topliss-reactive ketones (excluding diaryl/α,β-unsaturated/α-hetero) is 2. The van der Waals surface area contributed by atoms with Gasteiger partial charge in [0, 0.05) is 58.8 Å². The van der Waals surface area contributed by atoms with Crippen LogP contribution < -0.4 is 16.2 Å². The molecule has 2 aromatic heterocycles. The molecule has 13 rings (SSSR count). The third-order valence-electron chi connectivity index (χ3n) is 15.1. The number of hydrogen-bond acceptors (Lipinski definition) is 15. The molecule has 0 spiro atoms. The topological polar surface area (TPSA) is 186 Å². The maximum absolute atomic E-state index is 16.2. The first-order valence-electron chi connectivity index (χ1n) is 26.0. The maximum atomic E-state index is 16.2. The number of carbonyl (C=O) groups is 6. The first kappa shape index (κ1) is 51.4. The number of nitrogens with zero attached hydrogens (tertiary/aromatic N) is 1. The highest BCUT2D eigenvalue weighted by molar-refractivity contribution is 7.18. The summed E-state index contributed by atoms with van der Waals surface area (Å²) in [4.78, 5) is 125. The Hall–Kier alpha value is -10.1. The van der Waals surface area contributed by atoms with Gasteiger partial charge < -0.3 is 18.9 Å². The Morgan fingerprint density at radius 2 is 0.927 bits per heavy atom. The Bertz CT molecular complexity index is 4320. The summed E-state index contributed by atoms with van der Waals surface area (Å²) in [6.45, 7) is -1.31. The Balaban J connectivity index is 1.08. The van der Waals surface area contributed by atoms with Gasteiger partial charge in [0.1, 0.15) is 37.0 Å². The van der Waals surface area contributed by atoms with Gasteiger partial charge in [-0.1, -0.05) is 170 Å². The van der Waals surface area contributed by atoms with Crippen LogP contribution in [0, 0.1) is 0 Å². The number of allylic oxidation sites excluding steroid dienone is 2. The molecule has 13 nitrogen and oxygen atoms in total. The van der Waals surface area contributed by atoms with E-state index in [1.165, 1.54) is 24.3 Å². The third kappa shape index (κ3) is 8.24. The van der Waals surface area contributed by atoms with Crippen molar-refractivity contribution in [3.8, 4) is 0 Å². The smallest absolute Gasteiger partial charge is 0.333 e. The number of fused-ring (bicyclic) bond motifs is 8. The van der Waals surface area contributed by atoms with Crippen LogP contribution in [-0.4, -0.2) is 35.4 Å². The second-order valence-corrected chi connectivity index (χ2v) is 22.0. The predicted molar refractivity (Wildman–Crippen MR) is 306 cm³/mol. The Labute approximate surface area is 474 Å². The molecule has 0 atom stereocenters. The number of carbonyl (C=O) groups excluding carboxylic acids is 6. The van der Waals surface area contributed by atoms with Crippen molar-refractivity contribution < 1.29 is 47.7 Å². The number of ketones is 2. The molecule has 0 radical (unpaired) electrons. The van der Waals surface area contributed by atoms with Crippen LogP contribution in [0.15, 0.2) is 213 Å². The molecule has 7 aromatic carbocycles. The van der Waals surface area contributed by atoms with Gasteiger partial charge in [-0.2, -0.15) is 0 Å². The number of rotatable bonds is 14. The maximum Gasteiger partial charge on any atom is 0.333 e. The highest BCUT2D eigenvalue weighted by Crippen LogP contribution is 2.69. The van der Waals surface area contributed by atoms with Gasteiger partial charge in [-0.15, -0.1) is 28.4 Å². The summed E-state index contributed by atoms with van der Waals surface area (Å²) in [6, 6.07) is 49.4. The third-order valence-corrected chi connectivity index (χ3v) is 17.3. The van der Waals surface area contributed by atoms with Gasteiger partial charge in [-0.05, 0) is 58.0 Å². The molecule has 82 heavy (non-hydrogen) atoms. The van der Waals surface area contributed by atoms with Gasteiger partial charge in [0.2, 0.25) is 33.3 Å². The minimum absolute atomic E-state index is 0.00189. The summed E-state index contributed by atoms with van der Waals surface area (Å²) < 4.78 is 25.2. The van der Waals surface area contributed by atoms with Gasteiger partial charge in [0.05, 0.1) is 0 Å². The van der Waals surface area contributed by atoms with Crippen LogP contribution >= 0.6 is 22.7 Å². The lowest BCUT2D eigenvalue weighted by Gasteiger charge is -2.30. The molecule has 0 saturated heterocycles. The van der Waals surface area contributed by atoms with Gasteiger partial charge in [0.25, 0.3) is 0 Å². The van der Waals surface area contributed by atoms with Crippen LogP contribution in [0.3, 0.4) is 0 Å². The van der Waals surface area contributed by atoms with E-state index in [1.54, 1.807) is 164 Å². The molecule has 0 amide bonds. The summed E-state index contributed by atoms with van der Waals surface area (Å²) in [5, 5.41) is -0.165. The molecule has 9 aromatic rings. The largest absolute Gasteiger partial charge is 0.459 e. The SMILES string of the molecule is O=C1C(=C=CC2=Cc3sc4c(c3C2)C(C(=O)OCc2ccccc2)(C(=O)OCc2ccccc2)C2=C4C(C(=O)OCc3ccccc3)(C(=O)OCc3ccccc3)c3cc(N=c4c(=O)c5ccccc5c4=O)sc32)C(=O)c2ccccc21. The highest BCUT2D eigenvalue weighted by Gasteiger charge is 2.72. The first-order chi connectivity index (χ1) is 40.0. The molecular weight excluding hydrogens is 1070 g/mol. The second kappa shape index (κ2) is 20.6. The van der Waals surface area contributed by atoms with Crippen molar-refractivity contribution in [3.63, 3.8) is 0 Å². The Morgan fingerprint density at radius 3 is 1.39 bits per heavy atom. The number of thiophene rings is 2. The van der Waals surface area contributed by atoms with Gasteiger partial charge >= 0.3 is 23.9 Å². The molecule has 0 saturated carbocycles. The zero-order valence-electron chi connectivity index (χ0n) is 43.1. The van der Waals surface area contributed by atoms with Gasteiger partial charge in [-0.3, -0.25) is 38.4 Å². The quantitative estimate of drug-likeness (QED) is 0.0251. The van der Waals surface area contributed by atoms with Crippen LogP contribution in [0.2, 0.25) is 0 Å². The summed E-state index contributed by atoms with van der Waals surface area (Å²) >= 11 is 1.96. The number of esters is 4. The van der Waals surface area contributed by atoms with Crippen LogP contribution in [0.1, 0.15) is 74.3 Å². The second-order valence-electron chi connectivity index (χ2n) is 19.9. The molecule has 4 aliphatic carbocycles. The molecule has 0 N–H and O–H groups in total. The standard InChI is InChI=1S/C67H41NO12S2/c69-56-43-25-13-14-26-44(43)57(70)47(56)30-29-42-31-48-50(32-42)81-61-52(48)67(64(75)79-36-40-21-9-3-10-22-40,65(76)80-37-41-23-11-4-12-24-41)53-54(61)66(62(73)77-34-38-17-5-1-6-18-38,63(74)78-35-39-19-7-2-8-20-39)49-33-51(82-60(49)53)68-55-58(71)45-27-15-16-28-46(45)59(55)72/h1-29,32-33H,31,34-37H2. The highest BCUT2D eigenvalue weighted by atomic mass is 32.1. The lowest BCUT2D eigenvalue weighted by Crippen LogP contribution is -2.46. The predicted octanol–water partition coefficient (Wildman–Crippen LogP) is 10.3. The molecule has 0 unspecified atom stereocenters. The van der Waals surface area contributed by atoms with E-state index in [0.717, 1.165) is 22.7 Å². The molecule has 0 fully saturated rings. The Morgan fingerprint density at radius 1 is 0.512 bits per heavy atom. The lowest BCUT2D eigenvalue weighted by atomic mass is 9.74. The van der Waals surface area contributed by atoms with E-state index >= 15 is 19.2 Å². The van der Waals surface area contributed by atoms with Gasteiger partial charge in [-0.25, -0.2) is 4.99 Å². The lowest BCUT2D eigenvalue weighted by molar-refractivity contribution is -0.165. The average Bonchev–Trinajstić information content (AvgIpc) is 1.99. The van der Waals surface area contributed by atoms with Crippen molar-refractivity contribution in [2.24, 2.45) is 4.99 Å². The fourth-order valence-electron chi connectivity index (χ4n) is 11.3. The molecule has 2 heterocycles. The fraction of sp³-hybridized carbons (Fsp3) is 0.104. The van der Waals surface area contributed by atoms with E-state index in [-0.39, 0.29) is 97.3 Å². The van der Waals surface area contributed by atoms with Crippen LogP contribution in [0.4, 0.5) is 5.00 Å².